The van der Waals surface area contributed by atoms with E-state index < -0.39 is 17.8 Å². The predicted molar refractivity (Wildman–Crippen MR) is 51.0 cm³/mol. The van der Waals surface area contributed by atoms with Crippen LogP contribution in [0, 0.1) is 5.82 Å². The van der Waals surface area contributed by atoms with Gasteiger partial charge in [0.15, 0.2) is 0 Å². The molecule has 1 atom stereocenters. The molecule has 0 saturated carbocycles. The molecule has 3 N–H and O–H groups in total. The maximum Gasteiger partial charge on any atom is 0.305 e. The van der Waals surface area contributed by atoms with Crippen LogP contribution in [0.25, 0.3) is 0 Å². The summed E-state index contributed by atoms with van der Waals surface area (Å²) in [5.74, 6) is -1.62. The second-order valence-corrected chi connectivity index (χ2v) is 3.10. The van der Waals surface area contributed by atoms with E-state index in [4.69, 9.17) is 10.8 Å². The summed E-state index contributed by atoms with van der Waals surface area (Å²) in [5, 5.41) is 8.52. The maximum absolute atomic E-state index is 12.7. The van der Waals surface area contributed by atoms with Crippen molar-refractivity contribution in [1.29, 1.82) is 0 Å². The van der Waals surface area contributed by atoms with E-state index in [-0.39, 0.29) is 12.0 Å². The number of nitrogens with two attached hydrogens (primary N) is 1. The molecule has 5 heteroatoms. The van der Waals surface area contributed by atoms with E-state index in [2.05, 4.69) is 0 Å². The molecule has 0 aliphatic heterocycles. The molecule has 1 aromatic rings. The van der Waals surface area contributed by atoms with Gasteiger partial charge in [0, 0.05) is 11.6 Å². The average molecular weight is 211 g/mol. The zero-order valence-electron chi connectivity index (χ0n) is 7.81. The molecule has 0 aromatic heterocycles. The topological polar surface area (TPSA) is 80.4 Å². The Morgan fingerprint density at radius 2 is 2.27 bits per heavy atom. The molecule has 0 saturated heterocycles. The lowest BCUT2D eigenvalue weighted by Gasteiger charge is -2.11. The van der Waals surface area contributed by atoms with Crippen LogP contribution in [0.4, 0.5) is 4.39 Å². The van der Waals surface area contributed by atoms with Crippen LogP contribution in [-0.4, -0.2) is 17.4 Å². The Morgan fingerprint density at radius 1 is 1.60 bits per heavy atom. The first-order chi connectivity index (χ1) is 7.04. The van der Waals surface area contributed by atoms with Crippen LogP contribution in [0.2, 0.25) is 0 Å². The van der Waals surface area contributed by atoms with Crippen LogP contribution in [0.15, 0.2) is 18.2 Å². The van der Waals surface area contributed by atoms with Gasteiger partial charge in [-0.1, -0.05) is 6.07 Å². The Bertz CT molecular complexity index is 392. The summed E-state index contributed by atoms with van der Waals surface area (Å²) in [6.45, 7) is 0. The van der Waals surface area contributed by atoms with Gasteiger partial charge in [0.05, 0.1) is 6.42 Å². The molecule has 0 spiro atoms. The van der Waals surface area contributed by atoms with Gasteiger partial charge >= 0.3 is 5.97 Å². The summed E-state index contributed by atoms with van der Waals surface area (Å²) in [4.78, 5) is 21.0. The maximum atomic E-state index is 12.7. The average Bonchev–Trinajstić information content (AvgIpc) is 2.16. The van der Waals surface area contributed by atoms with Crippen molar-refractivity contribution in [2.75, 3.05) is 0 Å². The number of halogens is 1. The first kappa shape index (κ1) is 11.3. The van der Waals surface area contributed by atoms with Crippen LogP contribution < -0.4 is 5.73 Å². The molecule has 80 valence electrons. The smallest absolute Gasteiger partial charge is 0.305 e. The number of carbonyl (C=O) groups is 2. The molecule has 0 amide bonds. The Hall–Kier alpha value is -1.75. The Morgan fingerprint density at radius 3 is 2.80 bits per heavy atom. The number of benzene rings is 1. The second-order valence-electron chi connectivity index (χ2n) is 3.10. The first-order valence-corrected chi connectivity index (χ1v) is 4.26. The molecule has 15 heavy (non-hydrogen) atoms. The SMILES string of the molecule is NC(CC(=O)O)c1ccc(F)cc1C=O. The summed E-state index contributed by atoms with van der Waals surface area (Å²) in [6, 6.07) is 2.70. The van der Waals surface area contributed by atoms with E-state index >= 15 is 0 Å². The zero-order chi connectivity index (χ0) is 11.4. The third-order valence-corrected chi connectivity index (χ3v) is 1.97. The highest BCUT2D eigenvalue weighted by Crippen LogP contribution is 2.18. The van der Waals surface area contributed by atoms with Crippen LogP contribution in [0.5, 0.6) is 0 Å². The van der Waals surface area contributed by atoms with Crippen LogP contribution in [0.1, 0.15) is 28.4 Å². The lowest BCUT2D eigenvalue weighted by Crippen LogP contribution is -2.16. The van der Waals surface area contributed by atoms with Gasteiger partial charge in [-0.05, 0) is 17.7 Å². The normalized spacial score (nSPS) is 12.1. The highest BCUT2D eigenvalue weighted by atomic mass is 19.1. The van der Waals surface area contributed by atoms with E-state index in [9.17, 15) is 14.0 Å². The summed E-state index contributed by atoms with van der Waals surface area (Å²) in [6.07, 6.45) is 0.159. The number of carboxylic acids is 1. The standard InChI is InChI=1S/C10H10FNO3/c11-7-1-2-8(6(3-7)5-13)9(12)4-10(14)15/h1-3,5,9H,4,12H2,(H,14,15). The van der Waals surface area contributed by atoms with Gasteiger partial charge in [-0.3, -0.25) is 9.59 Å². The Labute approximate surface area is 85.5 Å². The van der Waals surface area contributed by atoms with Gasteiger partial charge in [0.2, 0.25) is 0 Å². The minimum atomic E-state index is -1.07. The van der Waals surface area contributed by atoms with Gasteiger partial charge in [-0.15, -0.1) is 0 Å². The number of hydrogen-bond donors (Lipinski definition) is 2. The molecule has 1 rings (SSSR count). The predicted octanol–water partition coefficient (Wildman–Crippen LogP) is 1.11. The molecule has 1 aromatic carbocycles. The fourth-order valence-electron chi connectivity index (χ4n) is 1.28. The van der Waals surface area contributed by atoms with Gasteiger partial charge < -0.3 is 10.8 Å². The third kappa shape index (κ3) is 2.85. The van der Waals surface area contributed by atoms with E-state index in [0.29, 0.717) is 11.8 Å². The first-order valence-electron chi connectivity index (χ1n) is 4.26. The summed E-state index contributed by atoms with van der Waals surface area (Å²) in [5.41, 5.74) is 5.99. The molecular weight excluding hydrogens is 201 g/mol. The number of carboxylic acid groups (broad SMARTS) is 1. The van der Waals surface area contributed by atoms with E-state index in [1.54, 1.807) is 0 Å². The highest BCUT2D eigenvalue weighted by Gasteiger charge is 2.14. The number of aldehydes is 1. The van der Waals surface area contributed by atoms with Crippen molar-refractivity contribution in [3.05, 3.63) is 35.1 Å². The summed E-state index contributed by atoms with van der Waals surface area (Å²) < 4.78 is 12.7. The molecule has 0 bridgehead atoms. The van der Waals surface area contributed by atoms with Crippen LogP contribution in [-0.2, 0) is 4.79 Å². The number of rotatable bonds is 4. The molecule has 0 heterocycles. The molecule has 1 unspecified atom stereocenters. The monoisotopic (exact) mass is 211 g/mol. The largest absolute Gasteiger partial charge is 0.481 e. The number of hydrogen-bond acceptors (Lipinski definition) is 3. The molecule has 4 nitrogen and oxygen atoms in total. The van der Waals surface area contributed by atoms with Crippen molar-refractivity contribution in [3.63, 3.8) is 0 Å². The molecule has 0 aliphatic carbocycles. The lowest BCUT2D eigenvalue weighted by molar-refractivity contribution is -0.137. The van der Waals surface area contributed by atoms with E-state index in [0.717, 1.165) is 12.1 Å². The van der Waals surface area contributed by atoms with Crippen molar-refractivity contribution in [2.24, 2.45) is 5.73 Å². The van der Waals surface area contributed by atoms with Crippen molar-refractivity contribution < 1.29 is 19.1 Å². The van der Waals surface area contributed by atoms with Crippen molar-refractivity contribution in [2.45, 2.75) is 12.5 Å². The molecule has 0 aliphatic rings. The minimum absolute atomic E-state index is 0.0868. The van der Waals surface area contributed by atoms with Gasteiger partial charge in [-0.2, -0.15) is 0 Å². The van der Waals surface area contributed by atoms with Gasteiger partial charge in [-0.25, -0.2) is 4.39 Å². The number of aliphatic carboxylic acids is 1. The lowest BCUT2D eigenvalue weighted by atomic mass is 9.99. The van der Waals surface area contributed by atoms with Crippen LogP contribution >= 0.6 is 0 Å². The van der Waals surface area contributed by atoms with Gasteiger partial charge in [0.25, 0.3) is 0 Å². The zero-order valence-corrected chi connectivity index (χ0v) is 7.81. The third-order valence-electron chi connectivity index (χ3n) is 1.97. The van der Waals surface area contributed by atoms with Gasteiger partial charge in [0.1, 0.15) is 12.1 Å². The van der Waals surface area contributed by atoms with Crippen molar-refractivity contribution in [3.8, 4) is 0 Å². The van der Waals surface area contributed by atoms with E-state index in [1.165, 1.54) is 6.07 Å². The molecule has 0 fully saturated rings. The molecule has 0 radical (unpaired) electrons. The van der Waals surface area contributed by atoms with E-state index in [1.807, 2.05) is 0 Å². The quantitative estimate of drug-likeness (QED) is 0.731. The minimum Gasteiger partial charge on any atom is -0.481 e. The number of carbonyl (C=O) groups excluding carboxylic acids is 1. The van der Waals surface area contributed by atoms with Crippen molar-refractivity contribution in [1.82, 2.24) is 0 Å². The fraction of sp³-hybridized carbons (Fsp3) is 0.200. The van der Waals surface area contributed by atoms with Crippen molar-refractivity contribution >= 4 is 12.3 Å². The summed E-state index contributed by atoms with van der Waals surface area (Å²) >= 11 is 0. The highest BCUT2D eigenvalue weighted by molar-refractivity contribution is 5.78. The van der Waals surface area contributed by atoms with Crippen LogP contribution in [0.3, 0.4) is 0 Å². The second kappa shape index (κ2) is 4.65. The fourth-order valence-corrected chi connectivity index (χ4v) is 1.28. The summed E-state index contributed by atoms with van der Waals surface area (Å²) in [7, 11) is 0. The molecular formula is C10H10FNO3. The Balaban J connectivity index is 3.02. The Kier molecular flexibility index (Phi) is 3.51.